The number of carbonyl (C=O) groups is 2. The maximum atomic E-state index is 13.7. The van der Waals surface area contributed by atoms with Crippen molar-refractivity contribution in [2.75, 3.05) is 33.7 Å². The molecule has 0 radical (unpaired) electrons. The van der Waals surface area contributed by atoms with Gasteiger partial charge in [0.15, 0.2) is 11.5 Å². The Balaban J connectivity index is 1.81. The molecule has 3 aromatic rings. The molecule has 0 bridgehead atoms. The van der Waals surface area contributed by atoms with Crippen LogP contribution >= 0.6 is 0 Å². The maximum Gasteiger partial charge on any atom is 0.254 e. The highest BCUT2D eigenvalue weighted by Gasteiger charge is 2.42. The number of amides is 2. The summed E-state index contributed by atoms with van der Waals surface area (Å²) in [5.74, 6) is 0.727. The minimum Gasteiger partial charge on any atom is -0.497 e. The second-order valence-corrected chi connectivity index (χ2v) is 7.76. The van der Waals surface area contributed by atoms with Gasteiger partial charge in [-0.3, -0.25) is 9.59 Å². The van der Waals surface area contributed by atoms with E-state index in [2.05, 4.69) is 5.32 Å². The fourth-order valence-corrected chi connectivity index (χ4v) is 4.33. The van der Waals surface area contributed by atoms with Gasteiger partial charge in [-0.25, -0.2) is 0 Å². The van der Waals surface area contributed by atoms with Gasteiger partial charge in [-0.15, -0.1) is 0 Å². The lowest BCUT2D eigenvalue weighted by atomic mass is 9.79. The zero-order valence-electron chi connectivity index (χ0n) is 19.0. The molecule has 1 N–H and O–H groups in total. The normalized spacial score (nSPS) is 17.2. The number of methoxy groups -OCH3 is 3. The van der Waals surface area contributed by atoms with Gasteiger partial charge in [0.05, 0.1) is 33.3 Å². The van der Waals surface area contributed by atoms with Gasteiger partial charge in [0, 0.05) is 24.4 Å². The molecular formula is C26H26N2O5. The largest absolute Gasteiger partial charge is 0.497 e. The first kappa shape index (κ1) is 22.2. The number of ether oxygens (including phenoxy) is 3. The van der Waals surface area contributed by atoms with Crippen LogP contribution in [0.25, 0.3) is 0 Å². The molecule has 0 aliphatic carbocycles. The summed E-state index contributed by atoms with van der Waals surface area (Å²) < 4.78 is 16.1. The van der Waals surface area contributed by atoms with Crippen molar-refractivity contribution in [1.82, 2.24) is 4.90 Å². The van der Waals surface area contributed by atoms with Crippen molar-refractivity contribution >= 4 is 17.5 Å². The van der Waals surface area contributed by atoms with Crippen LogP contribution in [-0.2, 0) is 4.79 Å². The van der Waals surface area contributed by atoms with E-state index in [4.69, 9.17) is 14.2 Å². The molecule has 2 amide bonds. The summed E-state index contributed by atoms with van der Waals surface area (Å²) in [6.07, 6.45) is 0. The molecule has 2 unspecified atom stereocenters. The molecule has 1 aliphatic heterocycles. The number of likely N-dealkylation sites (N-methyl/N-ethyl adjacent to an activating group) is 1. The van der Waals surface area contributed by atoms with Crippen molar-refractivity contribution in [3.8, 4) is 17.2 Å². The van der Waals surface area contributed by atoms with E-state index in [1.54, 1.807) is 63.6 Å². The van der Waals surface area contributed by atoms with Crippen LogP contribution in [0.3, 0.4) is 0 Å². The van der Waals surface area contributed by atoms with Crippen LogP contribution in [0.5, 0.6) is 17.2 Å². The molecule has 0 fully saturated rings. The second-order valence-electron chi connectivity index (χ2n) is 7.76. The van der Waals surface area contributed by atoms with Gasteiger partial charge in [-0.1, -0.05) is 30.3 Å². The summed E-state index contributed by atoms with van der Waals surface area (Å²) >= 11 is 0. The van der Waals surface area contributed by atoms with E-state index < -0.39 is 12.0 Å². The maximum absolute atomic E-state index is 13.7. The van der Waals surface area contributed by atoms with E-state index in [0.29, 0.717) is 34.1 Å². The highest BCUT2D eigenvalue weighted by molar-refractivity contribution is 6.04. The van der Waals surface area contributed by atoms with E-state index in [1.807, 2.05) is 36.4 Å². The van der Waals surface area contributed by atoms with Crippen LogP contribution in [0.2, 0.25) is 0 Å². The molecule has 0 aromatic heterocycles. The Labute approximate surface area is 192 Å². The minimum atomic E-state index is -0.645. The third-order valence-electron chi connectivity index (χ3n) is 5.95. The van der Waals surface area contributed by atoms with E-state index >= 15 is 0 Å². The van der Waals surface area contributed by atoms with Crippen LogP contribution in [0.4, 0.5) is 5.69 Å². The van der Waals surface area contributed by atoms with Gasteiger partial charge in [0.25, 0.3) is 5.91 Å². The van der Waals surface area contributed by atoms with E-state index in [1.165, 1.54) is 0 Å². The van der Waals surface area contributed by atoms with Crippen molar-refractivity contribution in [3.05, 3.63) is 83.4 Å². The predicted octanol–water partition coefficient (Wildman–Crippen LogP) is 4.26. The number of nitrogens with one attached hydrogen (secondary N) is 1. The number of carbonyl (C=O) groups excluding carboxylic acids is 2. The molecule has 33 heavy (non-hydrogen) atoms. The Hall–Kier alpha value is -4.00. The second kappa shape index (κ2) is 9.24. The van der Waals surface area contributed by atoms with Crippen molar-refractivity contribution in [1.29, 1.82) is 0 Å². The predicted molar refractivity (Wildman–Crippen MR) is 125 cm³/mol. The molecule has 0 saturated carbocycles. The Bertz CT molecular complexity index is 1190. The van der Waals surface area contributed by atoms with Crippen LogP contribution < -0.4 is 19.5 Å². The lowest BCUT2D eigenvalue weighted by Gasteiger charge is -2.40. The van der Waals surface area contributed by atoms with Gasteiger partial charge in [-0.2, -0.15) is 0 Å². The Morgan fingerprint density at radius 2 is 1.64 bits per heavy atom. The number of benzene rings is 3. The molecule has 1 heterocycles. The zero-order chi connectivity index (χ0) is 23.5. The van der Waals surface area contributed by atoms with E-state index in [-0.39, 0.29) is 11.8 Å². The van der Waals surface area contributed by atoms with Crippen molar-refractivity contribution in [2.45, 2.75) is 12.0 Å². The summed E-state index contributed by atoms with van der Waals surface area (Å²) in [6.45, 7) is 0. The molecule has 0 spiro atoms. The van der Waals surface area contributed by atoms with E-state index in [0.717, 1.165) is 5.56 Å². The van der Waals surface area contributed by atoms with Crippen LogP contribution in [0.1, 0.15) is 33.4 Å². The van der Waals surface area contributed by atoms with Crippen molar-refractivity contribution < 1.29 is 23.8 Å². The summed E-state index contributed by atoms with van der Waals surface area (Å²) in [5, 5.41) is 3.00. The first-order chi connectivity index (χ1) is 16.0. The van der Waals surface area contributed by atoms with E-state index in [9.17, 15) is 9.59 Å². The molecule has 7 nitrogen and oxygen atoms in total. The Kier molecular flexibility index (Phi) is 6.22. The third-order valence-corrected chi connectivity index (χ3v) is 5.95. The summed E-state index contributed by atoms with van der Waals surface area (Å²) in [7, 11) is 6.41. The zero-order valence-corrected chi connectivity index (χ0v) is 19.0. The fourth-order valence-electron chi connectivity index (χ4n) is 4.33. The summed E-state index contributed by atoms with van der Waals surface area (Å²) in [5.41, 5.74) is 2.58. The standard InChI is InChI=1S/C26H26N2O5/c1-28-24(16-12-13-21(32-3)22(14-16)33-4)23(19-10-5-6-11-20(19)26(28)30)25(29)27-17-8-7-9-18(15-17)31-2/h5-15,23-24H,1-4H3,(H,27,29). The smallest absolute Gasteiger partial charge is 0.254 e. The quantitative estimate of drug-likeness (QED) is 0.612. The number of hydrogen-bond acceptors (Lipinski definition) is 5. The molecule has 7 heteroatoms. The lowest BCUT2D eigenvalue weighted by Crippen LogP contribution is -2.44. The SMILES string of the molecule is COc1cccc(NC(=O)C2c3ccccc3C(=O)N(C)C2c2ccc(OC)c(OC)c2)c1. The Morgan fingerprint density at radius 1 is 0.879 bits per heavy atom. The van der Waals surface area contributed by atoms with Gasteiger partial charge in [0.1, 0.15) is 5.75 Å². The monoisotopic (exact) mass is 446 g/mol. The van der Waals surface area contributed by atoms with Gasteiger partial charge >= 0.3 is 0 Å². The van der Waals surface area contributed by atoms with Crippen LogP contribution in [-0.4, -0.2) is 45.1 Å². The number of fused-ring (bicyclic) bond motifs is 1. The van der Waals surface area contributed by atoms with Crippen LogP contribution in [0, 0.1) is 0 Å². The lowest BCUT2D eigenvalue weighted by molar-refractivity contribution is -0.119. The van der Waals surface area contributed by atoms with Gasteiger partial charge in [0.2, 0.25) is 5.91 Å². The molecule has 170 valence electrons. The molecule has 0 saturated heterocycles. The fraction of sp³-hybridized carbons (Fsp3) is 0.231. The minimum absolute atomic E-state index is 0.143. The Morgan fingerprint density at radius 3 is 2.36 bits per heavy atom. The average molecular weight is 447 g/mol. The van der Waals surface area contributed by atoms with Crippen molar-refractivity contribution in [3.63, 3.8) is 0 Å². The first-order valence-corrected chi connectivity index (χ1v) is 10.5. The average Bonchev–Trinajstić information content (AvgIpc) is 2.85. The highest BCUT2D eigenvalue weighted by Crippen LogP contribution is 2.44. The highest BCUT2D eigenvalue weighted by atomic mass is 16.5. The number of anilines is 1. The third kappa shape index (κ3) is 4.09. The number of rotatable bonds is 6. The van der Waals surface area contributed by atoms with Crippen LogP contribution in [0.15, 0.2) is 66.7 Å². The molecule has 3 aromatic carbocycles. The van der Waals surface area contributed by atoms with Crippen molar-refractivity contribution in [2.24, 2.45) is 0 Å². The summed E-state index contributed by atoms with van der Waals surface area (Å²) in [6, 6.07) is 19.3. The van der Waals surface area contributed by atoms with Gasteiger partial charge in [-0.05, 0) is 41.5 Å². The molecular weight excluding hydrogens is 420 g/mol. The molecule has 1 aliphatic rings. The first-order valence-electron chi connectivity index (χ1n) is 10.5. The topological polar surface area (TPSA) is 77.1 Å². The number of nitrogens with zero attached hydrogens (tertiary/aromatic N) is 1. The van der Waals surface area contributed by atoms with Gasteiger partial charge < -0.3 is 24.4 Å². The molecule has 4 rings (SSSR count). The summed E-state index contributed by atoms with van der Waals surface area (Å²) in [4.78, 5) is 28.5. The number of hydrogen-bond donors (Lipinski definition) is 1. The molecule has 2 atom stereocenters.